The Labute approximate surface area is 96.2 Å². The van der Waals surface area contributed by atoms with Crippen LogP contribution in [0.1, 0.15) is 25.7 Å². The fourth-order valence-electron chi connectivity index (χ4n) is 2.75. The first-order valence-corrected chi connectivity index (χ1v) is 5.89. The molecular weight excluding hydrogens is 206 g/mol. The molecule has 0 aromatic heterocycles. The van der Waals surface area contributed by atoms with Gasteiger partial charge in [-0.25, -0.2) is 0 Å². The van der Waals surface area contributed by atoms with E-state index in [2.05, 4.69) is 6.07 Å². The molecule has 0 spiro atoms. The largest absolute Gasteiger partial charge is 0.385 e. The van der Waals surface area contributed by atoms with E-state index < -0.39 is 11.0 Å². The Kier molecular flexibility index (Phi) is 3.20. The van der Waals surface area contributed by atoms with Gasteiger partial charge in [0, 0.05) is 13.7 Å². The minimum Gasteiger partial charge on any atom is -0.385 e. The van der Waals surface area contributed by atoms with Gasteiger partial charge in [-0.3, -0.25) is 0 Å². The molecule has 4 nitrogen and oxygen atoms in total. The van der Waals surface area contributed by atoms with Crippen molar-refractivity contribution in [2.75, 3.05) is 26.9 Å². The van der Waals surface area contributed by atoms with Crippen LogP contribution >= 0.6 is 0 Å². The average molecular weight is 225 g/mol. The molecule has 1 aliphatic carbocycles. The lowest BCUT2D eigenvalue weighted by Crippen LogP contribution is -2.56. The second-order valence-electron chi connectivity index (χ2n) is 4.98. The van der Waals surface area contributed by atoms with Gasteiger partial charge in [0.05, 0.1) is 19.3 Å². The number of hydrogen-bond donors (Lipinski definition) is 1. The minimum atomic E-state index is -1.03. The Hall–Kier alpha value is -0.630. The molecule has 1 N–H and O–H groups in total. The molecule has 0 amide bonds. The summed E-state index contributed by atoms with van der Waals surface area (Å²) in [5, 5.41) is 20.2. The summed E-state index contributed by atoms with van der Waals surface area (Å²) >= 11 is 0. The predicted octanol–water partition coefficient (Wildman–Crippen LogP) is 1.09. The van der Waals surface area contributed by atoms with Gasteiger partial charge < -0.3 is 14.6 Å². The smallest absolute Gasteiger partial charge is 0.112 e. The van der Waals surface area contributed by atoms with Crippen molar-refractivity contribution in [3.8, 4) is 6.07 Å². The van der Waals surface area contributed by atoms with Crippen molar-refractivity contribution in [1.82, 2.24) is 0 Å². The standard InChI is InChI=1S/C12H19NO3/c1-15-9-12(14,10-3-4-10)11(7-13)5-2-6-16-8-11/h10,14H,2-6,8-9H2,1H3. The molecule has 2 fully saturated rings. The van der Waals surface area contributed by atoms with Gasteiger partial charge in [-0.2, -0.15) is 5.26 Å². The summed E-state index contributed by atoms with van der Waals surface area (Å²) in [6.45, 7) is 1.26. The summed E-state index contributed by atoms with van der Waals surface area (Å²) in [6, 6.07) is 2.31. The topological polar surface area (TPSA) is 62.5 Å². The summed E-state index contributed by atoms with van der Waals surface area (Å²) in [7, 11) is 1.57. The zero-order valence-electron chi connectivity index (χ0n) is 9.74. The fraction of sp³-hybridized carbons (Fsp3) is 0.917. The molecule has 1 saturated heterocycles. The van der Waals surface area contributed by atoms with Crippen LogP contribution in [0.15, 0.2) is 0 Å². The maximum Gasteiger partial charge on any atom is 0.112 e. The summed E-state index contributed by atoms with van der Waals surface area (Å²) in [4.78, 5) is 0. The molecule has 4 heteroatoms. The molecule has 2 unspecified atom stereocenters. The van der Waals surface area contributed by atoms with Gasteiger partial charge in [0.2, 0.25) is 0 Å². The molecule has 0 aromatic rings. The number of aliphatic hydroxyl groups is 1. The van der Waals surface area contributed by atoms with Crippen LogP contribution in [0.25, 0.3) is 0 Å². The molecule has 0 bridgehead atoms. The lowest BCUT2D eigenvalue weighted by molar-refractivity contribution is -0.158. The first-order chi connectivity index (χ1) is 7.68. The first kappa shape index (κ1) is 11.8. The van der Waals surface area contributed by atoms with Crippen molar-refractivity contribution in [3.63, 3.8) is 0 Å². The van der Waals surface area contributed by atoms with Crippen LogP contribution in [0.3, 0.4) is 0 Å². The van der Waals surface area contributed by atoms with Crippen LogP contribution in [0, 0.1) is 22.7 Å². The third-order valence-electron chi connectivity index (χ3n) is 3.90. The summed E-state index contributed by atoms with van der Waals surface area (Å²) in [5.74, 6) is 0.203. The molecular formula is C12H19NO3. The third kappa shape index (κ3) is 1.73. The van der Waals surface area contributed by atoms with Crippen LogP contribution in [0.4, 0.5) is 0 Å². The zero-order chi connectivity index (χ0) is 11.6. The first-order valence-electron chi connectivity index (χ1n) is 5.89. The predicted molar refractivity (Wildman–Crippen MR) is 57.6 cm³/mol. The minimum absolute atomic E-state index is 0.203. The lowest BCUT2D eigenvalue weighted by atomic mass is 9.67. The Morgan fingerprint density at radius 1 is 1.62 bits per heavy atom. The van der Waals surface area contributed by atoms with Crippen molar-refractivity contribution >= 4 is 0 Å². The highest BCUT2D eigenvalue weighted by Gasteiger charge is 2.59. The highest BCUT2D eigenvalue weighted by atomic mass is 16.5. The average Bonchev–Trinajstić information content (AvgIpc) is 3.14. The molecule has 1 heterocycles. The quantitative estimate of drug-likeness (QED) is 0.778. The summed E-state index contributed by atoms with van der Waals surface area (Å²) in [6.07, 6.45) is 3.53. The number of methoxy groups -OCH3 is 1. The highest BCUT2D eigenvalue weighted by molar-refractivity contribution is 5.17. The second-order valence-corrected chi connectivity index (χ2v) is 4.98. The van der Waals surface area contributed by atoms with E-state index >= 15 is 0 Å². The molecule has 90 valence electrons. The maximum atomic E-state index is 10.8. The van der Waals surface area contributed by atoms with E-state index in [4.69, 9.17) is 9.47 Å². The Morgan fingerprint density at radius 3 is 2.81 bits per heavy atom. The van der Waals surface area contributed by atoms with E-state index in [0.29, 0.717) is 19.6 Å². The van der Waals surface area contributed by atoms with Crippen LogP contribution < -0.4 is 0 Å². The molecule has 2 atom stereocenters. The Balaban J connectivity index is 2.25. The van der Waals surface area contributed by atoms with Gasteiger partial charge in [0.25, 0.3) is 0 Å². The molecule has 1 saturated carbocycles. The van der Waals surface area contributed by atoms with Crippen molar-refractivity contribution in [2.45, 2.75) is 31.3 Å². The van der Waals surface area contributed by atoms with E-state index in [-0.39, 0.29) is 12.5 Å². The van der Waals surface area contributed by atoms with Gasteiger partial charge in [0.1, 0.15) is 11.0 Å². The molecule has 0 aromatic carbocycles. The van der Waals surface area contributed by atoms with Crippen molar-refractivity contribution in [1.29, 1.82) is 5.26 Å². The normalized spacial score (nSPS) is 34.1. The molecule has 16 heavy (non-hydrogen) atoms. The summed E-state index contributed by atoms with van der Waals surface area (Å²) < 4.78 is 10.5. The van der Waals surface area contributed by atoms with E-state index in [1.165, 1.54) is 0 Å². The number of ether oxygens (including phenoxy) is 2. The summed E-state index contributed by atoms with van der Waals surface area (Å²) in [5.41, 5.74) is -1.81. The molecule has 2 aliphatic rings. The van der Waals surface area contributed by atoms with Crippen molar-refractivity contribution in [2.24, 2.45) is 11.3 Å². The van der Waals surface area contributed by atoms with Gasteiger partial charge in [-0.05, 0) is 31.6 Å². The number of rotatable bonds is 4. The lowest BCUT2D eigenvalue weighted by Gasteiger charge is -2.44. The monoisotopic (exact) mass is 225 g/mol. The van der Waals surface area contributed by atoms with Crippen molar-refractivity contribution in [3.05, 3.63) is 0 Å². The van der Waals surface area contributed by atoms with Gasteiger partial charge in [0.15, 0.2) is 0 Å². The van der Waals surface area contributed by atoms with Gasteiger partial charge in [-0.1, -0.05) is 0 Å². The van der Waals surface area contributed by atoms with Crippen LogP contribution in [0.2, 0.25) is 0 Å². The van der Waals surface area contributed by atoms with E-state index in [0.717, 1.165) is 19.3 Å². The number of hydrogen-bond acceptors (Lipinski definition) is 4. The van der Waals surface area contributed by atoms with Gasteiger partial charge >= 0.3 is 0 Å². The highest BCUT2D eigenvalue weighted by Crippen LogP contribution is 2.51. The van der Waals surface area contributed by atoms with E-state index in [9.17, 15) is 10.4 Å². The molecule has 1 aliphatic heterocycles. The fourth-order valence-corrected chi connectivity index (χ4v) is 2.75. The maximum absolute atomic E-state index is 10.8. The Morgan fingerprint density at radius 2 is 2.38 bits per heavy atom. The van der Waals surface area contributed by atoms with Crippen molar-refractivity contribution < 1.29 is 14.6 Å². The second kappa shape index (κ2) is 4.33. The molecule has 2 rings (SSSR count). The zero-order valence-corrected chi connectivity index (χ0v) is 9.74. The van der Waals surface area contributed by atoms with E-state index in [1.807, 2.05) is 0 Å². The Bertz CT molecular complexity index is 289. The van der Waals surface area contributed by atoms with Gasteiger partial charge in [-0.15, -0.1) is 0 Å². The number of nitriles is 1. The third-order valence-corrected chi connectivity index (χ3v) is 3.90. The number of nitrogens with zero attached hydrogens (tertiary/aromatic N) is 1. The SMILES string of the molecule is COCC(O)(C1CC1)C1(C#N)CCCOC1. The molecule has 0 radical (unpaired) electrons. The van der Waals surface area contributed by atoms with Crippen LogP contribution in [-0.4, -0.2) is 37.6 Å². The van der Waals surface area contributed by atoms with E-state index in [1.54, 1.807) is 7.11 Å². The van der Waals surface area contributed by atoms with Crippen LogP contribution in [0.5, 0.6) is 0 Å². The van der Waals surface area contributed by atoms with Crippen LogP contribution in [-0.2, 0) is 9.47 Å².